The minimum Gasteiger partial charge on any atom is -0.399 e. The van der Waals surface area contributed by atoms with Crippen LogP contribution in [0, 0.1) is 0 Å². The van der Waals surface area contributed by atoms with Gasteiger partial charge in [0.05, 0.1) is 0 Å². The van der Waals surface area contributed by atoms with Crippen molar-refractivity contribution >= 4 is 0 Å². The molecule has 0 aliphatic heterocycles. The van der Waals surface area contributed by atoms with Crippen LogP contribution in [0.1, 0.15) is 26.7 Å². The molecule has 66 valence electrons. The third-order valence-electron chi connectivity index (χ3n) is 2.33. The number of hydrogen-bond donors (Lipinski definition) is 1. The minimum absolute atomic E-state index is 0.120. The van der Waals surface area contributed by atoms with Gasteiger partial charge in [-0.1, -0.05) is 12.2 Å². The maximum absolute atomic E-state index is 13.2. The van der Waals surface area contributed by atoms with E-state index in [1.165, 1.54) is 5.57 Å². The average molecular weight is 167 g/mol. The summed E-state index contributed by atoms with van der Waals surface area (Å²) in [5.41, 5.74) is 8.50. The summed E-state index contributed by atoms with van der Waals surface area (Å²) in [7, 11) is 0. The number of halogens is 1. The van der Waals surface area contributed by atoms with Crippen LogP contribution in [0.2, 0.25) is 0 Å². The Morgan fingerprint density at radius 1 is 1.42 bits per heavy atom. The zero-order valence-electron chi connectivity index (χ0n) is 7.58. The van der Waals surface area contributed by atoms with E-state index in [0.29, 0.717) is 17.7 Å². The van der Waals surface area contributed by atoms with Gasteiger partial charge in [-0.15, -0.1) is 0 Å². The highest BCUT2D eigenvalue weighted by Crippen LogP contribution is 2.32. The molecule has 0 unspecified atom stereocenters. The Kier molecular flexibility index (Phi) is 2.36. The monoisotopic (exact) mass is 167 g/mol. The van der Waals surface area contributed by atoms with Gasteiger partial charge in [-0.05, 0) is 25.8 Å². The molecule has 1 aliphatic carbocycles. The summed E-state index contributed by atoms with van der Waals surface area (Å²) >= 11 is 0. The molecule has 0 fully saturated rings. The van der Waals surface area contributed by atoms with E-state index in [4.69, 9.17) is 5.73 Å². The van der Waals surface area contributed by atoms with Crippen molar-refractivity contribution in [2.24, 2.45) is 5.73 Å². The van der Waals surface area contributed by atoms with E-state index in [-0.39, 0.29) is 5.83 Å². The van der Waals surface area contributed by atoms with E-state index in [1.54, 1.807) is 0 Å². The lowest BCUT2D eigenvalue weighted by Gasteiger charge is -2.18. The van der Waals surface area contributed by atoms with Crippen molar-refractivity contribution in [3.8, 4) is 0 Å². The van der Waals surface area contributed by atoms with Gasteiger partial charge in [0.25, 0.3) is 0 Å². The Morgan fingerprint density at radius 2 is 2.00 bits per heavy atom. The minimum atomic E-state index is -0.120. The second-order valence-electron chi connectivity index (χ2n) is 3.21. The molecule has 0 aromatic rings. The van der Waals surface area contributed by atoms with Gasteiger partial charge in [0, 0.05) is 17.7 Å². The van der Waals surface area contributed by atoms with Crippen LogP contribution in [0.3, 0.4) is 0 Å². The van der Waals surface area contributed by atoms with Crippen LogP contribution in [0.4, 0.5) is 4.39 Å². The molecular formula is C10H14FN. The molecule has 0 bridgehead atoms. The van der Waals surface area contributed by atoms with E-state index < -0.39 is 0 Å². The van der Waals surface area contributed by atoms with Gasteiger partial charge in [-0.3, -0.25) is 0 Å². The fourth-order valence-electron chi connectivity index (χ4n) is 1.44. The van der Waals surface area contributed by atoms with Crippen molar-refractivity contribution in [2.75, 3.05) is 0 Å². The van der Waals surface area contributed by atoms with Gasteiger partial charge in [-0.2, -0.15) is 0 Å². The van der Waals surface area contributed by atoms with Crippen LogP contribution < -0.4 is 5.73 Å². The second-order valence-corrected chi connectivity index (χ2v) is 3.21. The summed E-state index contributed by atoms with van der Waals surface area (Å²) in [5, 5.41) is 0. The first-order valence-electron chi connectivity index (χ1n) is 4.04. The molecular weight excluding hydrogens is 153 g/mol. The Hall–Kier alpha value is -1.05. The molecule has 2 heteroatoms. The molecule has 0 aromatic carbocycles. The zero-order chi connectivity index (χ0) is 9.30. The number of allylic oxidation sites excluding steroid dienone is 3. The van der Waals surface area contributed by atoms with Crippen LogP contribution >= 0.6 is 0 Å². The SMILES string of the molecule is C=C(N)C1=C(F)CCC(C)=C1C. The first-order valence-corrected chi connectivity index (χ1v) is 4.04. The van der Waals surface area contributed by atoms with Crippen LogP contribution in [0.25, 0.3) is 0 Å². The highest BCUT2D eigenvalue weighted by atomic mass is 19.1. The second kappa shape index (κ2) is 3.13. The van der Waals surface area contributed by atoms with Crippen LogP contribution in [0.5, 0.6) is 0 Å². The fraction of sp³-hybridized carbons (Fsp3) is 0.400. The quantitative estimate of drug-likeness (QED) is 0.638. The fourth-order valence-corrected chi connectivity index (χ4v) is 1.44. The lowest BCUT2D eigenvalue weighted by Crippen LogP contribution is -2.07. The molecule has 0 aromatic heterocycles. The summed E-state index contributed by atoms with van der Waals surface area (Å²) in [6.07, 6.45) is 1.27. The lowest BCUT2D eigenvalue weighted by atomic mass is 9.91. The largest absolute Gasteiger partial charge is 0.399 e. The van der Waals surface area contributed by atoms with E-state index in [1.807, 2.05) is 13.8 Å². The molecule has 0 spiro atoms. The molecule has 0 radical (unpaired) electrons. The summed E-state index contributed by atoms with van der Waals surface area (Å²) in [5.74, 6) is -0.120. The predicted octanol–water partition coefficient (Wildman–Crippen LogP) is 2.81. The summed E-state index contributed by atoms with van der Waals surface area (Å²) in [6, 6.07) is 0. The predicted molar refractivity (Wildman–Crippen MR) is 49.1 cm³/mol. The Balaban J connectivity index is 3.16. The van der Waals surface area contributed by atoms with E-state index in [0.717, 1.165) is 12.0 Å². The molecule has 1 nitrogen and oxygen atoms in total. The van der Waals surface area contributed by atoms with Gasteiger partial charge in [0.1, 0.15) is 5.83 Å². The third kappa shape index (κ3) is 1.42. The van der Waals surface area contributed by atoms with Crippen LogP contribution in [-0.2, 0) is 0 Å². The molecule has 0 saturated carbocycles. The van der Waals surface area contributed by atoms with Gasteiger partial charge in [0.15, 0.2) is 0 Å². The first-order chi connectivity index (χ1) is 5.54. The molecule has 0 saturated heterocycles. The topological polar surface area (TPSA) is 26.0 Å². The van der Waals surface area contributed by atoms with E-state index >= 15 is 0 Å². The molecule has 1 aliphatic rings. The molecule has 0 amide bonds. The maximum Gasteiger partial charge on any atom is 0.110 e. The van der Waals surface area contributed by atoms with E-state index in [9.17, 15) is 4.39 Å². The smallest absolute Gasteiger partial charge is 0.110 e. The van der Waals surface area contributed by atoms with Gasteiger partial charge in [-0.25, -0.2) is 4.39 Å². The van der Waals surface area contributed by atoms with Crippen LogP contribution in [0.15, 0.2) is 34.8 Å². The van der Waals surface area contributed by atoms with E-state index in [2.05, 4.69) is 6.58 Å². The van der Waals surface area contributed by atoms with Crippen molar-refractivity contribution in [1.29, 1.82) is 0 Å². The Bertz CT molecular complexity index is 284. The normalized spacial score (nSPS) is 18.6. The zero-order valence-corrected chi connectivity index (χ0v) is 7.58. The molecule has 0 atom stereocenters. The van der Waals surface area contributed by atoms with Crippen molar-refractivity contribution in [3.05, 3.63) is 34.8 Å². The number of hydrogen-bond acceptors (Lipinski definition) is 1. The molecule has 2 N–H and O–H groups in total. The van der Waals surface area contributed by atoms with Crippen molar-refractivity contribution in [3.63, 3.8) is 0 Å². The van der Waals surface area contributed by atoms with Crippen molar-refractivity contribution in [1.82, 2.24) is 0 Å². The summed E-state index contributed by atoms with van der Waals surface area (Å²) in [6.45, 7) is 7.45. The van der Waals surface area contributed by atoms with Crippen molar-refractivity contribution < 1.29 is 4.39 Å². The van der Waals surface area contributed by atoms with Gasteiger partial charge < -0.3 is 5.73 Å². The number of nitrogens with two attached hydrogens (primary N) is 1. The lowest BCUT2D eigenvalue weighted by molar-refractivity contribution is 0.569. The highest BCUT2D eigenvalue weighted by Gasteiger charge is 2.17. The summed E-state index contributed by atoms with van der Waals surface area (Å²) < 4.78 is 13.2. The standard InChI is InChI=1S/C10H14FN/c1-6-4-5-9(11)10(7(6)2)8(3)12/h3-5,12H2,1-2H3. The molecule has 12 heavy (non-hydrogen) atoms. The Labute approximate surface area is 72.5 Å². The van der Waals surface area contributed by atoms with Gasteiger partial charge in [0.2, 0.25) is 0 Å². The maximum atomic E-state index is 13.2. The highest BCUT2D eigenvalue weighted by molar-refractivity contribution is 5.48. The van der Waals surface area contributed by atoms with Crippen molar-refractivity contribution in [2.45, 2.75) is 26.7 Å². The Morgan fingerprint density at radius 3 is 2.42 bits per heavy atom. The molecule has 1 rings (SSSR count). The number of rotatable bonds is 1. The molecule has 0 heterocycles. The van der Waals surface area contributed by atoms with Gasteiger partial charge >= 0.3 is 0 Å². The average Bonchev–Trinajstić information content (AvgIpc) is 1.97. The third-order valence-corrected chi connectivity index (χ3v) is 2.33. The summed E-state index contributed by atoms with van der Waals surface area (Å²) in [4.78, 5) is 0. The first kappa shape index (κ1) is 9.04. The van der Waals surface area contributed by atoms with Crippen LogP contribution in [-0.4, -0.2) is 0 Å².